The highest BCUT2D eigenvalue weighted by molar-refractivity contribution is 7.11. The van der Waals surface area contributed by atoms with E-state index in [9.17, 15) is 9.59 Å². The minimum atomic E-state index is -1.88. The number of hydrogen-bond donors (Lipinski definition) is 0. The number of nitrogens with zero attached hydrogens (tertiary/aromatic N) is 2. The number of thiazole rings is 1. The first-order chi connectivity index (χ1) is 14.0. The van der Waals surface area contributed by atoms with E-state index < -0.39 is 13.9 Å². The molecule has 1 rings (SSSR count). The fraction of sp³-hybridized carbons (Fsp3) is 0.783. The van der Waals surface area contributed by atoms with Crippen LogP contribution in [0, 0.1) is 5.92 Å². The van der Waals surface area contributed by atoms with E-state index in [2.05, 4.69) is 38.8 Å². The van der Waals surface area contributed by atoms with Crippen molar-refractivity contribution in [2.75, 3.05) is 6.54 Å². The Labute approximate surface area is 193 Å². The third kappa shape index (κ3) is 8.31. The smallest absolute Gasteiger partial charge is 0.410 e. The number of Topliss-reactive ketones (excluding diaryl/α,β-unsaturated/α-hetero) is 1. The zero-order valence-corrected chi connectivity index (χ0v) is 23.1. The second-order valence-corrected chi connectivity index (χ2v) is 16.6. The van der Waals surface area contributed by atoms with Gasteiger partial charge in [-0.25, -0.2) is 9.78 Å². The highest BCUT2D eigenvalue weighted by atomic mass is 32.1. The van der Waals surface area contributed by atoms with Gasteiger partial charge in [-0.3, -0.25) is 4.79 Å². The molecule has 31 heavy (non-hydrogen) atoms. The van der Waals surface area contributed by atoms with Gasteiger partial charge in [0.05, 0.1) is 12.3 Å². The molecule has 8 heteroatoms. The Kier molecular flexibility index (Phi) is 9.48. The van der Waals surface area contributed by atoms with E-state index >= 15 is 0 Å². The van der Waals surface area contributed by atoms with Crippen molar-refractivity contribution in [3.63, 3.8) is 0 Å². The van der Waals surface area contributed by atoms with Crippen molar-refractivity contribution in [2.24, 2.45) is 5.92 Å². The number of ketones is 1. The van der Waals surface area contributed by atoms with Gasteiger partial charge in [-0.1, -0.05) is 34.6 Å². The molecule has 178 valence electrons. The van der Waals surface area contributed by atoms with Crippen molar-refractivity contribution in [3.8, 4) is 0 Å². The SMILES string of the molecule is CCN(C(=O)OC(C)(C)C)[C@H](CC(=O)c1nc(CO[Si](C)(C)C(C)(C)C)cs1)C(C)C. The van der Waals surface area contributed by atoms with Gasteiger partial charge in [0.1, 0.15) is 5.60 Å². The first-order valence-electron chi connectivity index (χ1n) is 11.1. The van der Waals surface area contributed by atoms with Gasteiger partial charge in [0.2, 0.25) is 0 Å². The minimum Gasteiger partial charge on any atom is -0.444 e. The van der Waals surface area contributed by atoms with Gasteiger partial charge in [0.15, 0.2) is 19.1 Å². The summed E-state index contributed by atoms with van der Waals surface area (Å²) >= 11 is 1.35. The zero-order valence-electron chi connectivity index (χ0n) is 21.3. The summed E-state index contributed by atoms with van der Waals surface area (Å²) in [6, 6.07) is -0.247. The summed E-state index contributed by atoms with van der Waals surface area (Å²) in [7, 11) is -1.88. The van der Waals surface area contributed by atoms with Gasteiger partial charge in [0, 0.05) is 24.4 Å². The molecule has 1 atom stereocenters. The number of carbonyl (C=O) groups excluding carboxylic acids is 2. The van der Waals surface area contributed by atoms with E-state index in [0.717, 1.165) is 5.69 Å². The lowest BCUT2D eigenvalue weighted by Crippen LogP contribution is -2.46. The predicted octanol–water partition coefficient (Wildman–Crippen LogP) is 6.52. The monoisotopic (exact) mass is 470 g/mol. The number of ether oxygens (including phenoxy) is 1. The normalized spacial score (nSPS) is 13.9. The first-order valence-corrected chi connectivity index (χ1v) is 14.9. The van der Waals surface area contributed by atoms with Crippen LogP contribution in [-0.2, 0) is 15.8 Å². The van der Waals surface area contributed by atoms with Crippen LogP contribution >= 0.6 is 11.3 Å². The van der Waals surface area contributed by atoms with Crippen LogP contribution in [0.5, 0.6) is 0 Å². The van der Waals surface area contributed by atoms with Gasteiger partial charge in [-0.05, 0) is 51.7 Å². The van der Waals surface area contributed by atoms with E-state index in [1.165, 1.54) is 11.3 Å². The number of aromatic nitrogens is 1. The Balaban J connectivity index is 2.89. The van der Waals surface area contributed by atoms with Gasteiger partial charge in [0.25, 0.3) is 0 Å². The number of rotatable bonds is 9. The number of carbonyl (C=O) groups is 2. The van der Waals surface area contributed by atoms with Crippen LogP contribution in [0.2, 0.25) is 18.1 Å². The Hall–Kier alpha value is -1.25. The molecule has 0 N–H and O–H groups in total. The molecule has 0 saturated carbocycles. The standard InChI is InChI=1S/C23H42N2O4SSi/c1-12-25(21(27)29-22(4,5)6)18(16(2)3)13-19(26)20-24-17(15-30-20)14-28-31(10,11)23(7,8)9/h15-16,18H,12-14H2,1-11H3/t18-/m1/s1. The maximum absolute atomic E-state index is 13.0. The zero-order chi connectivity index (χ0) is 24.2. The van der Waals surface area contributed by atoms with Crippen LogP contribution < -0.4 is 0 Å². The van der Waals surface area contributed by atoms with Crippen molar-refractivity contribution in [1.29, 1.82) is 0 Å². The third-order valence-corrected chi connectivity index (χ3v) is 11.1. The Bertz CT molecular complexity index is 747. The average Bonchev–Trinajstić information content (AvgIpc) is 3.06. The van der Waals surface area contributed by atoms with Crippen molar-refractivity contribution in [1.82, 2.24) is 9.88 Å². The molecule has 0 bridgehead atoms. The molecule has 0 fully saturated rings. The van der Waals surface area contributed by atoms with E-state index in [1.807, 2.05) is 46.9 Å². The fourth-order valence-electron chi connectivity index (χ4n) is 2.77. The largest absolute Gasteiger partial charge is 0.444 e. The van der Waals surface area contributed by atoms with E-state index in [-0.39, 0.29) is 35.3 Å². The topological polar surface area (TPSA) is 68.7 Å². The second kappa shape index (κ2) is 10.6. The molecule has 1 aromatic heterocycles. The molecular formula is C23H42N2O4SSi. The van der Waals surface area contributed by atoms with Crippen LogP contribution in [-0.4, -0.2) is 48.3 Å². The summed E-state index contributed by atoms with van der Waals surface area (Å²) in [6.45, 7) is 23.4. The highest BCUT2D eigenvalue weighted by Crippen LogP contribution is 2.37. The maximum Gasteiger partial charge on any atom is 0.410 e. The number of amides is 1. The van der Waals surface area contributed by atoms with E-state index in [0.29, 0.717) is 18.2 Å². The van der Waals surface area contributed by atoms with Gasteiger partial charge >= 0.3 is 6.09 Å². The lowest BCUT2D eigenvalue weighted by Gasteiger charge is -2.35. The van der Waals surface area contributed by atoms with Crippen LogP contribution in [0.4, 0.5) is 4.79 Å². The summed E-state index contributed by atoms with van der Waals surface area (Å²) < 4.78 is 11.8. The van der Waals surface area contributed by atoms with Crippen molar-refractivity contribution in [3.05, 3.63) is 16.1 Å². The van der Waals surface area contributed by atoms with Crippen LogP contribution in [0.3, 0.4) is 0 Å². The van der Waals surface area contributed by atoms with Gasteiger partial charge in [-0.2, -0.15) is 0 Å². The minimum absolute atomic E-state index is 0.0516. The summed E-state index contributed by atoms with van der Waals surface area (Å²) in [4.78, 5) is 31.9. The first kappa shape index (κ1) is 27.8. The van der Waals surface area contributed by atoms with Crippen LogP contribution in [0.25, 0.3) is 0 Å². The molecule has 0 saturated heterocycles. The summed E-state index contributed by atoms with van der Waals surface area (Å²) in [5.74, 6) is 0.0575. The molecule has 0 aliphatic carbocycles. The quantitative estimate of drug-likeness (QED) is 0.303. The molecule has 1 heterocycles. The lowest BCUT2D eigenvalue weighted by atomic mass is 9.97. The van der Waals surface area contributed by atoms with Crippen LogP contribution in [0.1, 0.15) is 84.2 Å². The predicted molar refractivity (Wildman–Crippen MR) is 130 cm³/mol. The number of hydrogen-bond acceptors (Lipinski definition) is 6. The molecule has 0 aromatic carbocycles. The Morgan fingerprint density at radius 3 is 2.19 bits per heavy atom. The average molecular weight is 471 g/mol. The summed E-state index contributed by atoms with van der Waals surface area (Å²) in [5, 5.41) is 2.49. The van der Waals surface area contributed by atoms with Crippen molar-refractivity contribution < 1.29 is 18.8 Å². The Morgan fingerprint density at radius 2 is 1.74 bits per heavy atom. The third-order valence-electron chi connectivity index (χ3n) is 5.71. The lowest BCUT2D eigenvalue weighted by molar-refractivity contribution is 0.0119. The second-order valence-electron chi connectivity index (χ2n) is 10.9. The molecular weight excluding hydrogens is 428 g/mol. The Morgan fingerprint density at radius 1 is 1.16 bits per heavy atom. The fourth-order valence-corrected chi connectivity index (χ4v) is 4.47. The van der Waals surface area contributed by atoms with Gasteiger partial charge < -0.3 is 14.1 Å². The van der Waals surface area contributed by atoms with Crippen LogP contribution in [0.15, 0.2) is 5.38 Å². The molecule has 0 aliphatic heterocycles. The summed E-state index contributed by atoms with van der Waals surface area (Å²) in [6.07, 6.45) is -0.162. The molecule has 1 amide bonds. The molecule has 0 aliphatic rings. The van der Waals surface area contributed by atoms with Crippen molar-refractivity contribution >= 4 is 31.5 Å². The molecule has 1 aromatic rings. The maximum atomic E-state index is 13.0. The molecule has 0 unspecified atom stereocenters. The van der Waals surface area contributed by atoms with E-state index in [4.69, 9.17) is 9.16 Å². The van der Waals surface area contributed by atoms with Gasteiger partial charge in [-0.15, -0.1) is 11.3 Å². The summed E-state index contributed by atoms with van der Waals surface area (Å²) in [5.41, 5.74) is 0.212. The highest BCUT2D eigenvalue weighted by Gasteiger charge is 2.37. The van der Waals surface area contributed by atoms with E-state index in [1.54, 1.807) is 4.90 Å². The van der Waals surface area contributed by atoms with Crippen molar-refractivity contribution in [2.45, 2.75) is 105 Å². The molecule has 0 spiro atoms. The molecule has 0 radical (unpaired) electrons. The molecule has 6 nitrogen and oxygen atoms in total.